The van der Waals surface area contributed by atoms with Crippen LogP contribution in [0.1, 0.15) is 258 Å². The molecule has 0 aromatic heterocycles. The maximum Gasteiger partial charge on any atom is 0.472 e. The number of hydrogen-bond acceptors (Lipinski definition) is 6. The molecule has 10 heteroatoms. The third-order valence-corrected chi connectivity index (χ3v) is 14.8. The fourth-order valence-electron chi connectivity index (χ4n) is 8.75. The van der Waals surface area contributed by atoms with Crippen LogP contribution >= 0.6 is 7.82 Å². The van der Waals surface area contributed by atoms with Gasteiger partial charge in [-0.2, -0.15) is 0 Å². The summed E-state index contributed by atoms with van der Waals surface area (Å²) in [6.07, 6.45) is 85.9. The Morgan fingerprint density at radius 2 is 0.780 bits per heavy atom. The summed E-state index contributed by atoms with van der Waals surface area (Å²) >= 11 is 0. The van der Waals surface area contributed by atoms with Gasteiger partial charge in [0.25, 0.3) is 0 Å². The molecule has 0 saturated heterocycles. The average molecular weight is 1160 g/mol. The molecule has 0 spiro atoms. The van der Waals surface area contributed by atoms with Crippen LogP contribution in [0.2, 0.25) is 0 Å². The highest BCUT2D eigenvalue weighted by atomic mass is 31.2. The fourth-order valence-corrected chi connectivity index (χ4v) is 9.49. The highest BCUT2D eigenvalue weighted by molar-refractivity contribution is 7.47. The lowest BCUT2D eigenvalue weighted by atomic mass is 10.0. The van der Waals surface area contributed by atoms with E-state index in [1.165, 1.54) is 77.0 Å². The minimum Gasteiger partial charge on any atom is -0.456 e. The van der Waals surface area contributed by atoms with Crippen molar-refractivity contribution in [3.05, 3.63) is 134 Å². The number of nitrogens with zero attached hydrogens (tertiary/aromatic N) is 1. The number of rotatable bonds is 58. The molecule has 2 N–H and O–H groups in total. The zero-order chi connectivity index (χ0) is 60.0. The first-order valence-electron chi connectivity index (χ1n) is 33.0. The van der Waals surface area contributed by atoms with Gasteiger partial charge in [0.15, 0.2) is 0 Å². The van der Waals surface area contributed by atoms with Crippen LogP contribution in [0.4, 0.5) is 0 Å². The van der Waals surface area contributed by atoms with Gasteiger partial charge in [-0.1, -0.05) is 251 Å². The monoisotopic (exact) mass is 1160 g/mol. The molecule has 3 atom stereocenters. The number of quaternary nitrogens is 1. The van der Waals surface area contributed by atoms with Crippen molar-refractivity contribution in [1.82, 2.24) is 5.32 Å². The molecule has 0 aliphatic heterocycles. The Bertz CT molecular complexity index is 1860. The quantitative estimate of drug-likeness (QED) is 0.0205. The van der Waals surface area contributed by atoms with Crippen LogP contribution in [-0.4, -0.2) is 74.3 Å². The second kappa shape index (κ2) is 60.3. The molecule has 0 radical (unpaired) electrons. The van der Waals surface area contributed by atoms with E-state index in [0.717, 1.165) is 135 Å². The van der Waals surface area contributed by atoms with Gasteiger partial charge in [-0.3, -0.25) is 18.6 Å². The molecule has 1 amide bonds. The summed E-state index contributed by atoms with van der Waals surface area (Å²) in [6, 6.07) is -0.882. The van der Waals surface area contributed by atoms with Crippen molar-refractivity contribution >= 4 is 19.7 Å². The van der Waals surface area contributed by atoms with Crippen LogP contribution in [0.25, 0.3) is 0 Å². The molecule has 0 aromatic rings. The molecule has 9 nitrogen and oxygen atoms in total. The first-order valence-corrected chi connectivity index (χ1v) is 34.5. The van der Waals surface area contributed by atoms with E-state index >= 15 is 0 Å². The summed E-state index contributed by atoms with van der Waals surface area (Å²) in [7, 11) is 1.45. The van der Waals surface area contributed by atoms with E-state index in [9.17, 15) is 19.0 Å². The number of likely N-dealkylation sites (N-methyl/N-ethyl adjacent to an activating group) is 1. The Kier molecular flexibility index (Phi) is 57.4. The number of ether oxygens (including phenoxy) is 1. The van der Waals surface area contributed by atoms with Crippen LogP contribution in [0.3, 0.4) is 0 Å². The Morgan fingerprint density at radius 3 is 1.21 bits per heavy atom. The van der Waals surface area contributed by atoms with Gasteiger partial charge in [0, 0.05) is 12.8 Å². The van der Waals surface area contributed by atoms with Crippen molar-refractivity contribution in [3.63, 3.8) is 0 Å². The van der Waals surface area contributed by atoms with Crippen LogP contribution < -0.4 is 5.32 Å². The fraction of sp³-hybridized carbons (Fsp3) is 0.667. The van der Waals surface area contributed by atoms with Gasteiger partial charge in [0.05, 0.1) is 33.8 Å². The predicted octanol–water partition coefficient (Wildman–Crippen LogP) is 20.8. The normalized spacial score (nSPS) is 14.5. The van der Waals surface area contributed by atoms with Crippen LogP contribution in [0.15, 0.2) is 134 Å². The third-order valence-electron chi connectivity index (χ3n) is 13.8. The van der Waals surface area contributed by atoms with Crippen molar-refractivity contribution in [2.45, 2.75) is 270 Å². The first kappa shape index (κ1) is 78.1. The van der Waals surface area contributed by atoms with Crippen LogP contribution in [0.5, 0.6) is 0 Å². The molecule has 82 heavy (non-hydrogen) atoms. The smallest absolute Gasteiger partial charge is 0.456 e. The van der Waals surface area contributed by atoms with Crippen molar-refractivity contribution in [1.29, 1.82) is 0 Å². The molecule has 0 fully saturated rings. The van der Waals surface area contributed by atoms with Gasteiger partial charge < -0.3 is 19.4 Å². The molecule has 0 rings (SSSR count). The van der Waals surface area contributed by atoms with Gasteiger partial charge >= 0.3 is 13.8 Å². The standard InChI is InChI=1S/C72H123N2O7P/c1-7-10-13-16-19-22-25-28-30-32-34-35-36-37-38-39-41-43-45-47-50-53-56-59-62-65-72(76)81-70(63-60-57-54-51-48-27-24-21-18-15-12-9-3)69(68-80-82(77,78)79-67-66-74(4,5)6)73-71(75)64-61-58-55-52-49-46-44-42-40-33-31-29-26-23-20-17-14-11-8-2/h10,13,19-20,22-23,28-31,34-35,37-38,40-43,46,49,60,63,69-70H,7-9,11-12,14-18,21,24-27,32-33,36,39,44-45,47-48,50-59,61-62,64-68H2,1-6H3,(H-,73,75,77,78)/p+1/b13-10-,22-19-,23-20-,30-28-,31-29-,35-34-,38-37-,42-40-,43-41-,49-46-,63-60-. The minimum absolute atomic E-state index is 0.0238. The second-order valence-electron chi connectivity index (χ2n) is 22.9. The summed E-state index contributed by atoms with van der Waals surface area (Å²) in [6.45, 7) is 6.82. The van der Waals surface area contributed by atoms with Crippen LogP contribution in [-0.2, 0) is 27.9 Å². The number of carbonyl (C=O) groups excluding carboxylic acids is 2. The lowest BCUT2D eigenvalue weighted by Crippen LogP contribution is -2.47. The Balaban J connectivity index is 5.27. The lowest BCUT2D eigenvalue weighted by Gasteiger charge is -2.27. The Labute approximate surface area is 505 Å². The number of allylic oxidation sites excluding steroid dienone is 21. The van der Waals surface area contributed by atoms with Crippen LogP contribution in [0, 0.1) is 0 Å². The van der Waals surface area contributed by atoms with Gasteiger partial charge in [-0.15, -0.1) is 0 Å². The van der Waals surface area contributed by atoms with Gasteiger partial charge in [-0.05, 0) is 128 Å². The number of phosphoric acid groups is 1. The zero-order valence-corrected chi connectivity index (χ0v) is 54.3. The van der Waals surface area contributed by atoms with Gasteiger partial charge in [0.2, 0.25) is 5.91 Å². The molecule has 0 aromatic carbocycles. The van der Waals surface area contributed by atoms with E-state index in [4.69, 9.17) is 13.8 Å². The van der Waals surface area contributed by atoms with E-state index in [0.29, 0.717) is 23.9 Å². The van der Waals surface area contributed by atoms with Crippen molar-refractivity contribution in [2.24, 2.45) is 0 Å². The van der Waals surface area contributed by atoms with Crippen molar-refractivity contribution in [2.75, 3.05) is 40.9 Å². The van der Waals surface area contributed by atoms with E-state index < -0.39 is 20.0 Å². The highest BCUT2D eigenvalue weighted by Gasteiger charge is 2.30. The van der Waals surface area contributed by atoms with Gasteiger partial charge in [0.1, 0.15) is 19.3 Å². The predicted molar refractivity (Wildman–Crippen MR) is 355 cm³/mol. The molecule has 0 aliphatic rings. The Hall–Kier alpha value is -3.85. The number of esters is 1. The zero-order valence-electron chi connectivity index (χ0n) is 53.4. The molecule has 0 heterocycles. The first-order chi connectivity index (χ1) is 39.9. The summed E-state index contributed by atoms with van der Waals surface area (Å²) in [5.74, 6) is -0.566. The Morgan fingerprint density at radius 1 is 0.439 bits per heavy atom. The molecular formula is C72H124N2O7P+. The highest BCUT2D eigenvalue weighted by Crippen LogP contribution is 2.43. The topological polar surface area (TPSA) is 111 Å². The maximum absolute atomic E-state index is 13.6. The average Bonchev–Trinajstić information content (AvgIpc) is 3.44. The number of carbonyl (C=O) groups is 2. The third kappa shape index (κ3) is 60.7. The number of unbranched alkanes of at least 4 members (excludes halogenated alkanes) is 22. The molecule has 0 bridgehead atoms. The summed E-state index contributed by atoms with van der Waals surface area (Å²) in [5, 5.41) is 3.04. The minimum atomic E-state index is -4.47. The van der Waals surface area contributed by atoms with E-state index in [-0.39, 0.29) is 37.9 Å². The molecule has 0 saturated carbocycles. The maximum atomic E-state index is 13.6. The van der Waals surface area contributed by atoms with Crippen molar-refractivity contribution < 1.29 is 37.3 Å². The molecular weight excluding hydrogens is 1040 g/mol. The van der Waals surface area contributed by atoms with Gasteiger partial charge in [-0.25, -0.2) is 4.57 Å². The second-order valence-corrected chi connectivity index (χ2v) is 24.4. The number of amides is 1. The number of hydrogen-bond donors (Lipinski definition) is 2. The van der Waals surface area contributed by atoms with Crippen molar-refractivity contribution in [3.8, 4) is 0 Å². The molecule has 0 aliphatic carbocycles. The molecule has 468 valence electrons. The molecule has 3 unspecified atom stereocenters. The summed E-state index contributed by atoms with van der Waals surface area (Å²) in [5.41, 5.74) is 0. The largest absolute Gasteiger partial charge is 0.472 e. The number of nitrogens with one attached hydrogen (secondary N) is 1. The SMILES string of the molecule is CC/C=C\C/C=C\C/C=C\C/C=C\C/C=C\C/C=C\CCCCCCCCC(=O)OC(/C=C\CCCCCCCCCCCC)C(COP(=O)(O)OCC[N+](C)(C)C)NC(=O)CCCCC/C=C\C/C=C\C/C=C\C/C=C\CCCCC. The number of phosphoric ester groups is 1. The summed E-state index contributed by atoms with van der Waals surface area (Å²) < 4.78 is 30.7. The van der Waals surface area contributed by atoms with E-state index in [1.807, 2.05) is 33.3 Å². The summed E-state index contributed by atoms with van der Waals surface area (Å²) in [4.78, 5) is 37.8. The lowest BCUT2D eigenvalue weighted by molar-refractivity contribution is -0.870. The van der Waals surface area contributed by atoms with E-state index in [1.54, 1.807) is 0 Å². The van der Waals surface area contributed by atoms with E-state index in [2.05, 4.69) is 148 Å².